The molecule has 1 aliphatic carbocycles. The summed E-state index contributed by atoms with van der Waals surface area (Å²) < 4.78 is 29.1. The highest BCUT2D eigenvalue weighted by atomic mass is 19.2. The van der Waals surface area contributed by atoms with Crippen LogP contribution < -0.4 is 11.1 Å². The van der Waals surface area contributed by atoms with Crippen LogP contribution in [0.25, 0.3) is 0 Å². The van der Waals surface area contributed by atoms with Crippen molar-refractivity contribution in [2.75, 3.05) is 0 Å². The van der Waals surface area contributed by atoms with Gasteiger partial charge in [-0.2, -0.15) is 0 Å². The average molecular weight is 439 g/mol. The second-order valence-electron chi connectivity index (χ2n) is 9.01. The molecule has 31 heavy (non-hydrogen) atoms. The minimum Gasteiger partial charge on any atom is -0.481 e. The van der Waals surface area contributed by atoms with Crippen molar-refractivity contribution in [2.45, 2.75) is 90.6 Å². The van der Waals surface area contributed by atoms with Gasteiger partial charge in [0, 0.05) is 18.2 Å². The molecule has 0 aliphatic heterocycles. The summed E-state index contributed by atoms with van der Waals surface area (Å²) >= 11 is 0. The van der Waals surface area contributed by atoms with Crippen molar-refractivity contribution in [2.24, 2.45) is 17.1 Å². The maximum atomic E-state index is 14.6. The number of hydrogen-bond donors (Lipinski definition) is 3. The molecule has 1 aromatic carbocycles. The van der Waals surface area contributed by atoms with Crippen molar-refractivity contribution in [3.63, 3.8) is 0 Å². The normalized spacial score (nSPS) is 23.2. The summed E-state index contributed by atoms with van der Waals surface area (Å²) in [7, 11) is 0. The van der Waals surface area contributed by atoms with E-state index in [2.05, 4.69) is 12.2 Å². The number of amides is 1. The third-order valence-corrected chi connectivity index (χ3v) is 6.71. The fraction of sp³-hybridized carbons (Fsp3) is 0.667. The number of halogens is 2. The van der Waals surface area contributed by atoms with Crippen LogP contribution in [0.3, 0.4) is 0 Å². The van der Waals surface area contributed by atoms with Crippen LogP contribution in [-0.4, -0.2) is 23.0 Å². The number of primary amides is 1. The molecule has 1 amide bonds. The Labute approximate surface area is 183 Å². The van der Waals surface area contributed by atoms with Crippen LogP contribution in [0.15, 0.2) is 12.1 Å². The van der Waals surface area contributed by atoms with Crippen molar-refractivity contribution in [1.82, 2.24) is 5.32 Å². The lowest BCUT2D eigenvalue weighted by Crippen LogP contribution is -2.47. The van der Waals surface area contributed by atoms with Gasteiger partial charge in [-0.05, 0) is 38.2 Å². The monoisotopic (exact) mass is 438 g/mol. The molecular formula is C24H36F2N2O3. The average Bonchev–Trinajstić information content (AvgIpc) is 3.07. The number of benzene rings is 1. The van der Waals surface area contributed by atoms with E-state index in [1.807, 2.05) is 0 Å². The van der Waals surface area contributed by atoms with E-state index in [4.69, 9.17) is 5.73 Å². The largest absolute Gasteiger partial charge is 0.481 e. The number of nitrogens with two attached hydrogens (primary N) is 1. The summed E-state index contributed by atoms with van der Waals surface area (Å²) in [5.41, 5.74) is 4.74. The third-order valence-electron chi connectivity index (χ3n) is 6.71. The number of carbonyl (C=O) groups excluding carboxylic acids is 1. The summed E-state index contributed by atoms with van der Waals surface area (Å²) in [6, 6.07) is 2.69. The maximum absolute atomic E-state index is 14.6. The van der Waals surface area contributed by atoms with E-state index in [0.29, 0.717) is 24.8 Å². The highest BCUT2D eigenvalue weighted by Crippen LogP contribution is 2.43. The molecule has 4 N–H and O–H groups in total. The Morgan fingerprint density at radius 3 is 2.29 bits per heavy atom. The molecule has 1 fully saturated rings. The van der Waals surface area contributed by atoms with Crippen molar-refractivity contribution in [3.8, 4) is 0 Å². The molecule has 1 aromatic rings. The Morgan fingerprint density at radius 2 is 1.68 bits per heavy atom. The number of hydrogen-bond acceptors (Lipinski definition) is 3. The molecule has 0 bridgehead atoms. The Morgan fingerprint density at radius 1 is 1.10 bits per heavy atom. The summed E-state index contributed by atoms with van der Waals surface area (Å²) in [6.45, 7) is 3.68. The number of carbonyl (C=O) groups is 2. The standard InChI is InChI=1S/C24H36F2N2O3/c1-3-4-5-6-7-8-9-10-16-11-12-17(21(26)20(16)25)15-28-18-13-14-24(2,23(30)31)19(18)22(27)29/h11-12,18-19,28H,3-10,13-15H2,1-2H3,(H2,27,29)(H,30,31). The van der Waals surface area contributed by atoms with Gasteiger partial charge in [-0.3, -0.25) is 9.59 Å². The van der Waals surface area contributed by atoms with E-state index in [1.54, 1.807) is 12.1 Å². The molecule has 0 spiro atoms. The van der Waals surface area contributed by atoms with Crippen molar-refractivity contribution >= 4 is 11.9 Å². The van der Waals surface area contributed by atoms with Crippen LogP contribution in [0, 0.1) is 23.0 Å². The zero-order chi connectivity index (χ0) is 23.0. The van der Waals surface area contributed by atoms with E-state index in [9.17, 15) is 23.5 Å². The molecule has 174 valence electrons. The lowest BCUT2D eigenvalue weighted by atomic mass is 9.78. The number of rotatable bonds is 13. The van der Waals surface area contributed by atoms with E-state index < -0.39 is 40.9 Å². The number of unbranched alkanes of at least 4 members (excludes halogenated alkanes) is 6. The van der Waals surface area contributed by atoms with Gasteiger partial charge >= 0.3 is 5.97 Å². The van der Waals surface area contributed by atoms with Gasteiger partial charge in [0.1, 0.15) is 0 Å². The van der Waals surface area contributed by atoms with Gasteiger partial charge in [-0.15, -0.1) is 0 Å². The zero-order valence-corrected chi connectivity index (χ0v) is 18.7. The van der Waals surface area contributed by atoms with Gasteiger partial charge in [0.25, 0.3) is 0 Å². The molecule has 7 heteroatoms. The summed E-state index contributed by atoms with van der Waals surface area (Å²) in [4.78, 5) is 23.5. The van der Waals surface area contributed by atoms with E-state index in [1.165, 1.54) is 32.6 Å². The molecule has 0 saturated heterocycles. The first-order valence-corrected chi connectivity index (χ1v) is 11.4. The first-order valence-electron chi connectivity index (χ1n) is 11.4. The highest BCUT2D eigenvalue weighted by molar-refractivity contribution is 5.87. The zero-order valence-electron chi connectivity index (χ0n) is 18.7. The van der Waals surface area contributed by atoms with E-state index in [0.717, 1.165) is 19.3 Å². The van der Waals surface area contributed by atoms with Crippen LogP contribution in [0.2, 0.25) is 0 Å². The van der Waals surface area contributed by atoms with Crippen LogP contribution in [0.1, 0.15) is 82.8 Å². The third kappa shape index (κ3) is 6.25. The molecule has 5 nitrogen and oxygen atoms in total. The van der Waals surface area contributed by atoms with Gasteiger partial charge in [0.2, 0.25) is 5.91 Å². The predicted molar refractivity (Wildman–Crippen MR) is 116 cm³/mol. The van der Waals surface area contributed by atoms with Crippen LogP contribution in [0.5, 0.6) is 0 Å². The minimum atomic E-state index is -1.26. The Hall–Kier alpha value is -2.02. The Kier molecular flexibility index (Phi) is 9.41. The second-order valence-corrected chi connectivity index (χ2v) is 9.01. The molecule has 0 radical (unpaired) electrons. The van der Waals surface area contributed by atoms with E-state index >= 15 is 0 Å². The molecule has 0 aromatic heterocycles. The fourth-order valence-electron chi connectivity index (χ4n) is 4.67. The Balaban J connectivity index is 1.92. The van der Waals surface area contributed by atoms with Crippen LogP contribution >= 0.6 is 0 Å². The lowest BCUT2D eigenvalue weighted by Gasteiger charge is -2.28. The number of carboxylic acids is 1. The van der Waals surface area contributed by atoms with Crippen molar-refractivity contribution in [1.29, 1.82) is 0 Å². The molecule has 3 unspecified atom stereocenters. The second kappa shape index (κ2) is 11.6. The summed E-state index contributed by atoms with van der Waals surface area (Å²) in [5.74, 6) is -4.39. The minimum absolute atomic E-state index is 0.00457. The quantitative estimate of drug-likeness (QED) is 0.389. The molecular weight excluding hydrogens is 402 g/mol. The first kappa shape index (κ1) is 25.2. The van der Waals surface area contributed by atoms with E-state index in [-0.39, 0.29) is 12.1 Å². The highest BCUT2D eigenvalue weighted by Gasteiger charge is 2.53. The number of nitrogens with one attached hydrogen (secondary N) is 1. The van der Waals surface area contributed by atoms with Crippen molar-refractivity contribution < 1.29 is 23.5 Å². The maximum Gasteiger partial charge on any atom is 0.310 e. The van der Waals surface area contributed by atoms with Gasteiger partial charge in [0.15, 0.2) is 11.6 Å². The molecule has 2 rings (SSSR count). The molecule has 3 atom stereocenters. The van der Waals surface area contributed by atoms with Gasteiger partial charge in [0.05, 0.1) is 11.3 Å². The topological polar surface area (TPSA) is 92.4 Å². The SMILES string of the molecule is CCCCCCCCCc1ccc(CNC2CCC(C)(C(=O)O)C2C(N)=O)c(F)c1F. The van der Waals surface area contributed by atoms with Gasteiger partial charge in [-0.1, -0.05) is 57.6 Å². The van der Waals surface area contributed by atoms with Crippen molar-refractivity contribution in [3.05, 3.63) is 34.9 Å². The fourth-order valence-corrected chi connectivity index (χ4v) is 4.67. The molecule has 0 heterocycles. The first-order chi connectivity index (χ1) is 14.7. The lowest BCUT2D eigenvalue weighted by molar-refractivity contribution is -0.153. The van der Waals surface area contributed by atoms with Gasteiger partial charge in [-0.25, -0.2) is 8.78 Å². The molecule has 1 aliphatic rings. The van der Waals surface area contributed by atoms with Crippen LogP contribution in [0.4, 0.5) is 8.78 Å². The Bertz CT molecular complexity index is 771. The van der Waals surface area contributed by atoms with Gasteiger partial charge < -0.3 is 16.2 Å². The number of aryl methyl sites for hydroxylation is 1. The number of aliphatic carboxylic acids is 1. The molecule has 1 saturated carbocycles. The smallest absolute Gasteiger partial charge is 0.310 e. The number of carboxylic acid groups (broad SMARTS) is 1. The van der Waals surface area contributed by atoms with Crippen LogP contribution in [-0.2, 0) is 22.6 Å². The summed E-state index contributed by atoms with van der Waals surface area (Å²) in [6.07, 6.45) is 9.04. The summed E-state index contributed by atoms with van der Waals surface area (Å²) in [5, 5.41) is 12.5. The predicted octanol–water partition coefficient (Wildman–Crippen LogP) is 4.70.